The van der Waals surface area contributed by atoms with Gasteiger partial charge in [0.25, 0.3) is 0 Å². The molecule has 0 bridgehead atoms. The van der Waals surface area contributed by atoms with Gasteiger partial charge in [-0.1, -0.05) is 64.5 Å². The maximum Gasteiger partial charge on any atom is 0.0306 e. The third-order valence-corrected chi connectivity index (χ3v) is 5.89. The van der Waals surface area contributed by atoms with E-state index in [1.807, 2.05) is 34.6 Å². The Morgan fingerprint density at radius 2 is 1.73 bits per heavy atom. The van der Waals surface area contributed by atoms with Crippen molar-refractivity contribution in [3.8, 4) is 0 Å². The first-order valence-corrected chi connectivity index (χ1v) is 10.7. The summed E-state index contributed by atoms with van der Waals surface area (Å²) in [5.74, 6) is 3.20. The van der Waals surface area contributed by atoms with Crippen LogP contribution in [0.5, 0.6) is 0 Å². The smallest absolute Gasteiger partial charge is 0.0306 e. The van der Waals surface area contributed by atoms with E-state index in [1.54, 1.807) is 5.57 Å². The summed E-state index contributed by atoms with van der Waals surface area (Å²) < 4.78 is 0. The summed E-state index contributed by atoms with van der Waals surface area (Å²) in [5.41, 5.74) is 8.00. The molecule has 26 heavy (non-hydrogen) atoms. The van der Waals surface area contributed by atoms with Gasteiger partial charge in [-0.05, 0) is 83.5 Å². The van der Waals surface area contributed by atoms with E-state index < -0.39 is 0 Å². The predicted molar refractivity (Wildman–Crippen MR) is 122 cm³/mol. The van der Waals surface area contributed by atoms with Crippen LogP contribution < -0.4 is 5.73 Å². The van der Waals surface area contributed by atoms with Gasteiger partial charge in [0.1, 0.15) is 0 Å². The lowest BCUT2D eigenvalue weighted by molar-refractivity contribution is 0.249. The Morgan fingerprint density at radius 1 is 1.23 bits per heavy atom. The van der Waals surface area contributed by atoms with Gasteiger partial charge in [-0.3, -0.25) is 0 Å². The van der Waals surface area contributed by atoms with E-state index in [0.717, 1.165) is 23.3 Å². The average Bonchev–Trinajstić information content (AvgIpc) is 2.58. The van der Waals surface area contributed by atoms with E-state index >= 15 is 0 Å². The van der Waals surface area contributed by atoms with Gasteiger partial charge in [0.05, 0.1) is 0 Å². The first kappa shape index (κ1) is 27.4. The molecule has 3 unspecified atom stereocenters. The molecule has 1 aliphatic carbocycles. The quantitative estimate of drug-likeness (QED) is 0.506. The molecule has 0 spiro atoms. The zero-order valence-electron chi connectivity index (χ0n) is 19.5. The molecule has 0 heterocycles. The zero-order chi connectivity index (χ0) is 20.9. The molecule has 0 radical (unpaired) electrons. The Kier molecular flexibility index (Phi) is 15.0. The van der Waals surface area contributed by atoms with Crippen LogP contribution in [0.2, 0.25) is 0 Å². The number of hydrogen-bond acceptors (Lipinski definition) is 1. The SMILES string of the molecule is C=C(C)C(C)(C)N.C=C[C@@H](C)C1CC/C(C)=C/CCC(C)C(C)C1.CC. The molecular weight excluding hydrogens is 314 g/mol. The summed E-state index contributed by atoms with van der Waals surface area (Å²) >= 11 is 0. The Bertz CT molecular complexity index is 410. The van der Waals surface area contributed by atoms with Crippen molar-refractivity contribution in [2.45, 2.75) is 100.0 Å². The lowest BCUT2D eigenvalue weighted by Crippen LogP contribution is -2.32. The van der Waals surface area contributed by atoms with Gasteiger partial charge >= 0.3 is 0 Å². The lowest BCUT2D eigenvalue weighted by Gasteiger charge is -2.29. The van der Waals surface area contributed by atoms with Crippen LogP contribution in [-0.4, -0.2) is 5.54 Å². The van der Waals surface area contributed by atoms with Crippen molar-refractivity contribution < 1.29 is 0 Å². The summed E-state index contributed by atoms with van der Waals surface area (Å²) in [4.78, 5) is 0. The van der Waals surface area contributed by atoms with E-state index in [0.29, 0.717) is 5.92 Å². The molecular formula is C25H49N. The van der Waals surface area contributed by atoms with Crippen molar-refractivity contribution in [2.75, 3.05) is 0 Å². The first-order valence-electron chi connectivity index (χ1n) is 10.7. The number of hydrogen-bond donors (Lipinski definition) is 1. The van der Waals surface area contributed by atoms with Crippen LogP contribution in [0, 0.1) is 23.7 Å². The van der Waals surface area contributed by atoms with E-state index in [9.17, 15) is 0 Å². The Hall–Kier alpha value is -0.820. The Labute approximate surface area is 166 Å². The molecule has 0 aromatic carbocycles. The van der Waals surface area contributed by atoms with Crippen LogP contribution in [0.25, 0.3) is 0 Å². The van der Waals surface area contributed by atoms with Crippen LogP contribution in [-0.2, 0) is 0 Å². The van der Waals surface area contributed by atoms with Crippen molar-refractivity contribution in [3.63, 3.8) is 0 Å². The van der Waals surface area contributed by atoms with Gasteiger partial charge in [-0.15, -0.1) is 6.58 Å². The maximum absolute atomic E-state index is 5.58. The monoisotopic (exact) mass is 363 g/mol. The first-order chi connectivity index (χ1) is 12.0. The van der Waals surface area contributed by atoms with Gasteiger partial charge in [-0.25, -0.2) is 0 Å². The molecule has 0 saturated carbocycles. The summed E-state index contributed by atoms with van der Waals surface area (Å²) in [7, 11) is 0. The van der Waals surface area contributed by atoms with Crippen LogP contribution in [0.15, 0.2) is 36.5 Å². The molecule has 1 aliphatic rings. The van der Waals surface area contributed by atoms with Crippen LogP contribution in [0.3, 0.4) is 0 Å². The molecule has 0 aliphatic heterocycles. The average molecular weight is 364 g/mol. The molecule has 1 nitrogen and oxygen atoms in total. The third kappa shape index (κ3) is 12.5. The fraction of sp³-hybridized carbons (Fsp3) is 0.760. The third-order valence-electron chi connectivity index (χ3n) is 5.89. The molecule has 154 valence electrons. The van der Waals surface area contributed by atoms with Crippen molar-refractivity contribution in [2.24, 2.45) is 29.4 Å². The highest BCUT2D eigenvalue weighted by atomic mass is 14.7. The summed E-state index contributed by atoms with van der Waals surface area (Å²) in [6, 6.07) is 0. The molecule has 1 rings (SSSR count). The van der Waals surface area contributed by atoms with E-state index in [2.05, 4.69) is 53.0 Å². The second kappa shape index (κ2) is 14.3. The van der Waals surface area contributed by atoms with Gasteiger partial charge in [0.15, 0.2) is 0 Å². The van der Waals surface area contributed by atoms with Crippen LogP contribution >= 0.6 is 0 Å². The standard InChI is InChI=1S/C17H30.C6H13N.C2H6/c1-6-14(3)17-11-10-13(2)8-7-9-15(4)16(5)12-17;1-5(2)6(3,4)7;1-2/h6,8,14-17H,1,7,9-12H2,2-5H3;1,7H2,2-4H3;1-2H3/b13-8+;;/t14-,15?,16?,17?;;/m1../s1. The normalized spacial score (nSPS) is 27.3. The van der Waals surface area contributed by atoms with Gasteiger partial charge in [0, 0.05) is 5.54 Å². The van der Waals surface area contributed by atoms with E-state index in [-0.39, 0.29) is 5.54 Å². The molecule has 2 N–H and O–H groups in total. The van der Waals surface area contributed by atoms with Crippen molar-refractivity contribution in [1.82, 2.24) is 0 Å². The summed E-state index contributed by atoms with van der Waals surface area (Å²) in [6.07, 6.45) is 11.2. The van der Waals surface area contributed by atoms with Gasteiger partial charge in [0.2, 0.25) is 0 Å². The highest BCUT2D eigenvalue weighted by molar-refractivity contribution is 5.07. The Balaban J connectivity index is 0. The van der Waals surface area contributed by atoms with Crippen molar-refractivity contribution >= 4 is 0 Å². The molecule has 0 aromatic rings. The fourth-order valence-electron chi connectivity index (χ4n) is 2.89. The second-order valence-electron chi connectivity index (χ2n) is 8.71. The van der Waals surface area contributed by atoms with Crippen LogP contribution in [0.1, 0.15) is 94.4 Å². The summed E-state index contributed by atoms with van der Waals surface area (Å²) in [5, 5.41) is 0. The van der Waals surface area contributed by atoms with Crippen molar-refractivity contribution in [1.29, 1.82) is 0 Å². The second-order valence-corrected chi connectivity index (χ2v) is 8.71. The largest absolute Gasteiger partial charge is 0.322 e. The molecule has 4 atom stereocenters. The highest BCUT2D eigenvalue weighted by Gasteiger charge is 2.21. The zero-order valence-corrected chi connectivity index (χ0v) is 19.5. The number of allylic oxidation sites excluding steroid dienone is 3. The predicted octanol–water partition coefficient (Wildman–Crippen LogP) is 7.93. The highest BCUT2D eigenvalue weighted by Crippen LogP contribution is 2.33. The van der Waals surface area contributed by atoms with Gasteiger partial charge < -0.3 is 5.73 Å². The number of rotatable bonds is 3. The number of nitrogens with two attached hydrogens (primary N) is 1. The van der Waals surface area contributed by atoms with Gasteiger partial charge in [-0.2, -0.15) is 0 Å². The topological polar surface area (TPSA) is 26.0 Å². The molecule has 0 saturated heterocycles. The Morgan fingerprint density at radius 3 is 2.15 bits per heavy atom. The molecule has 0 aromatic heterocycles. The minimum Gasteiger partial charge on any atom is -0.322 e. The summed E-state index contributed by atoms with van der Waals surface area (Å²) in [6.45, 7) is 27.0. The minimum absolute atomic E-state index is 0.194. The molecule has 0 amide bonds. The van der Waals surface area contributed by atoms with Crippen molar-refractivity contribution in [3.05, 3.63) is 36.5 Å². The molecule has 1 heteroatoms. The molecule has 0 fully saturated rings. The maximum atomic E-state index is 5.58. The van der Waals surface area contributed by atoms with E-state index in [1.165, 1.54) is 32.1 Å². The minimum atomic E-state index is -0.194. The van der Waals surface area contributed by atoms with Crippen LogP contribution in [0.4, 0.5) is 0 Å². The lowest BCUT2D eigenvalue weighted by atomic mass is 9.77. The van der Waals surface area contributed by atoms with E-state index in [4.69, 9.17) is 5.73 Å². The fourth-order valence-corrected chi connectivity index (χ4v) is 2.89.